The van der Waals surface area contributed by atoms with Crippen LogP contribution in [0.1, 0.15) is 37.3 Å². The molecular weight excluding hydrogens is 280 g/mol. The van der Waals surface area contributed by atoms with Gasteiger partial charge in [-0.3, -0.25) is 9.59 Å². The van der Waals surface area contributed by atoms with Crippen molar-refractivity contribution in [2.24, 2.45) is 11.8 Å². The smallest absolute Gasteiger partial charge is 0.308 e. The third kappa shape index (κ3) is 2.68. The van der Waals surface area contributed by atoms with Crippen LogP contribution in [-0.4, -0.2) is 39.5 Å². The Morgan fingerprint density at radius 3 is 2.55 bits per heavy atom. The normalized spacial score (nSPS) is 22.6. The van der Waals surface area contributed by atoms with Gasteiger partial charge in [-0.2, -0.15) is 0 Å². The average molecular weight is 299 g/mol. The van der Waals surface area contributed by atoms with Crippen LogP contribution >= 0.6 is 11.6 Å². The lowest BCUT2D eigenvalue weighted by atomic mass is 9.99. The highest BCUT2D eigenvalue weighted by Gasteiger charge is 2.38. The number of carbonyl (C=O) groups excluding carboxylic acids is 1. The van der Waals surface area contributed by atoms with Gasteiger partial charge in [0.2, 0.25) is 0 Å². The number of hydrogen-bond acceptors (Lipinski definition) is 2. The quantitative estimate of drug-likeness (QED) is 0.932. The maximum atomic E-state index is 12.6. The minimum absolute atomic E-state index is 0.0330. The molecule has 0 bridgehead atoms. The van der Waals surface area contributed by atoms with Crippen molar-refractivity contribution in [3.8, 4) is 0 Å². The highest BCUT2D eigenvalue weighted by atomic mass is 35.5. The van der Waals surface area contributed by atoms with E-state index in [-0.39, 0.29) is 24.4 Å². The summed E-state index contributed by atoms with van der Waals surface area (Å²) in [5, 5.41) is 9.65. The van der Waals surface area contributed by atoms with Crippen LogP contribution in [0.5, 0.6) is 0 Å². The van der Waals surface area contributed by atoms with E-state index in [1.807, 2.05) is 25.3 Å². The van der Waals surface area contributed by atoms with Gasteiger partial charge >= 0.3 is 5.97 Å². The van der Waals surface area contributed by atoms with Crippen LogP contribution in [0.3, 0.4) is 0 Å². The fourth-order valence-corrected chi connectivity index (χ4v) is 2.87. The van der Waals surface area contributed by atoms with Crippen molar-refractivity contribution in [2.75, 3.05) is 13.1 Å². The maximum absolute atomic E-state index is 12.6. The molecule has 2 rings (SSSR count). The predicted octanol–water partition coefficient (Wildman–Crippen LogP) is 2.52. The molecule has 2 unspecified atom stereocenters. The van der Waals surface area contributed by atoms with E-state index in [2.05, 4.69) is 0 Å². The van der Waals surface area contributed by atoms with Gasteiger partial charge in [0.15, 0.2) is 0 Å². The number of hydrogen-bond donors (Lipinski definition) is 1. The topological polar surface area (TPSA) is 62.5 Å². The minimum Gasteiger partial charge on any atom is -0.481 e. The molecule has 1 N–H and O–H groups in total. The zero-order valence-electron chi connectivity index (χ0n) is 11.8. The maximum Gasteiger partial charge on any atom is 0.308 e. The molecule has 1 fully saturated rings. The van der Waals surface area contributed by atoms with Gasteiger partial charge in [0.1, 0.15) is 5.69 Å². The van der Waals surface area contributed by atoms with E-state index in [9.17, 15) is 9.59 Å². The summed E-state index contributed by atoms with van der Waals surface area (Å²) in [6, 6.07) is 1.76. The number of nitrogens with zero attached hydrogens (tertiary/aromatic N) is 2. The van der Waals surface area contributed by atoms with Crippen LogP contribution in [0, 0.1) is 11.8 Å². The standard InChI is InChI=1S/C14H19ClN2O3/c1-8(2)17-6-10(15)4-12(17)13(18)16-5-9(3)11(7-16)14(19)20/h4,6,8-9,11H,5,7H2,1-3H3,(H,19,20). The van der Waals surface area contributed by atoms with Crippen LogP contribution in [0.2, 0.25) is 5.02 Å². The first-order valence-corrected chi connectivity index (χ1v) is 7.08. The van der Waals surface area contributed by atoms with E-state index in [1.165, 1.54) is 0 Å². The third-order valence-electron chi connectivity index (χ3n) is 3.81. The number of amides is 1. The van der Waals surface area contributed by atoms with Crippen molar-refractivity contribution in [3.63, 3.8) is 0 Å². The van der Waals surface area contributed by atoms with Gasteiger partial charge in [0, 0.05) is 25.3 Å². The molecule has 0 saturated carbocycles. The Hall–Kier alpha value is -1.49. The van der Waals surface area contributed by atoms with Crippen molar-refractivity contribution >= 4 is 23.5 Å². The van der Waals surface area contributed by atoms with Gasteiger partial charge in [-0.05, 0) is 25.8 Å². The molecule has 2 atom stereocenters. The lowest BCUT2D eigenvalue weighted by Gasteiger charge is -2.19. The first-order chi connectivity index (χ1) is 9.31. The number of carboxylic acids is 1. The molecule has 1 saturated heterocycles. The van der Waals surface area contributed by atoms with Crippen molar-refractivity contribution < 1.29 is 14.7 Å². The number of carboxylic acid groups (broad SMARTS) is 1. The molecule has 110 valence electrons. The van der Waals surface area contributed by atoms with Crippen LogP contribution < -0.4 is 0 Å². The molecule has 1 aromatic rings. The number of carbonyl (C=O) groups is 2. The number of halogens is 1. The number of aromatic nitrogens is 1. The summed E-state index contributed by atoms with van der Waals surface area (Å²) in [5.74, 6) is -1.52. The summed E-state index contributed by atoms with van der Waals surface area (Å²) in [6.45, 7) is 6.53. The molecule has 0 aromatic carbocycles. The van der Waals surface area contributed by atoms with E-state index in [0.717, 1.165) is 0 Å². The first kappa shape index (κ1) is 14.9. The Bertz CT molecular complexity index is 539. The number of aliphatic carboxylic acids is 1. The predicted molar refractivity (Wildman–Crippen MR) is 76.0 cm³/mol. The molecule has 1 aromatic heterocycles. The zero-order valence-corrected chi connectivity index (χ0v) is 12.6. The molecule has 0 aliphatic carbocycles. The zero-order chi connectivity index (χ0) is 15.0. The van der Waals surface area contributed by atoms with Crippen LogP contribution in [-0.2, 0) is 4.79 Å². The largest absolute Gasteiger partial charge is 0.481 e. The van der Waals surface area contributed by atoms with Gasteiger partial charge in [0.25, 0.3) is 5.91 Å². The van der Waals surface area contributed by atoms with Gasteiger partial charge in [-0.1, -0.05) is 18.5 Å². The Labute approximate surface area is 123 Å². The minimum atomic E-state index is -0.843. The van der Waals surface area contributed by atoms with E-state index < -0.39 is 11.9 Å². The highest BCUT2D eigenvalue weighted by molar-refractivity contribution is 6.31. The van der Waals surface area contributed by atoms with Crippen molar-refractivity contribution in [3.05, 3.63) is 23.0 Å². The summed E-state index contributed by atoms with van der Waals surface area (Å²) in [6.07, 6.45) is 1.73. The molecule has 2 heterocycles. The second-order valence-electron chi connectivity index (χ2n) is 5.68. The van der Waals surface area contributed by atoms with Crippen molar-refractivity contribution in [1.29, 1.82) is 0 Å². The molecule has 0 radical (unpaired) electrons. The molecule has 0 spiro atoms. The summed E-state index contributed by atoms with van der Waals surface area (Å²) in [4.78, 5) is 25.3. The lowest BCUT2D eigenvalue weighted by Crippen LogP contribution is -2.31. The summed E-state index contributed by atoms with van der Waals surface area (Å²) in [5.41, 5.74) is 0.517. The van der Waals surface area contributed by atoms with Gasteiger partial charge in [-0.25, -0.2) is 0 Å². The summed E-state index contributed by atoms with van der Waals surface area (Å²) >= 11 is 5.98. The average Bonchev–Trinajstić information content (AvgIpc) is 2.91. The van der Waals surface area contributed by atoms with E-state index >= 15 is 0 Å². The van der Waals surface area contributed by atoms with Crippen LogP contribution in [0.25, 0.3) is 0 Å². The number of rotatable bonds is 3. The van der Waals surface area contributed by atoms with Gasteiger partial charge < -0.3 is 14.6 Å². The molecule has 1 aliphatic rings. The fourth-order valence-electron chi connectivity index (χ4n) is 2.66. The van der Waals surface area contributed by atoms with Crippen LogP contribution in [0.15, 0.2) is 12.3 Å². The van der Waals surface area contributed by atoms with Crippen molar-refractivity contribution in [2.45, 2.75) is 26.8 Å². The summed E-state index contributed by atoms with van der Waals surface area (Å²) in [7, 11) is 0. The molecule has 1 aliphatic heterocycles. The molecule has 5 nitrogen and oxygen atoms in total. The Balaban J connectivity index is 2.23. The Kier molecular flexibility index (Phi) is 4.09. The van der Waals surface area contributed by atoms with E-state index in [0.29, 0.717) is 17.3 Å². The summed E-state index contributed by atoms with van der Waals surface area (Å²) < 4.78 is 1.82. The third-order valence-corrected chi connectivity index (χ3v) is 4.01. The highest BCUT2D eigenvalue weighted by Crippen LogP contribution is 2.27. The molecule has 1 amide bonds. The van der Waals surface area contributed by atoms with E-state index in [4.69, 9.17) is 16.7 Å². The fraction of sp³-hybridized carbons (Fsp3) is 0.571. The first-order valence-electron chi connectivity index (χ1n) is 6.70. The monoisotopic (exact) mass is 298 g/mol. The Morgan fingerprint density at radius 2 is 2.05 bits per heavy atom. The second-order valence-corrected chi connectivity index (χ2v) is 6.11. The second kappa shape index (κ2) is 5.48. The molecular formula is C14H19ClN2O3. The van der Waals surface area contributed by atoms with Gasteiger partial charge in [-0.15, -0.1) is 0 Å². The van der Waals surface area contributed by atoms with Gasteiger partial charge in [0.05, 0.1) is 10.9 Å². The lowest BCUT2D eigenvalue weighted by molar-refractivity contribution is -0.142. The molecule has 20 heavy (non-hydrogen) atoms. The van der Waals surface area contributed by atoms with Crippen LogP contribution in [0.4, 0.5) is 0 Å². The Morgan fingerprint density at radius 1 is 1.40 bits per heavy atom. The SMILES string of the molecule is CC1CN(C(=O)c2cc(Cl)cn2C(C)C)CC1C(=O)O. The van der Waals surface area contributed by atoms with Crippen molar-refractivity contribution in [1.82, 2.24) is 9.47 Å². The number of likely N-dealkylation sites (tertiary alicyclic amines) is 1. The van der Waals surface area contributed by atoms with E-state index in [1.54, 1.807) is 17.2 Å². The molecule has 6 heteroatoms.